The lowest BCUT2D eigenvalue weighted by molar-refractivity contribution is 0.669. The van der Waals surface area contributed by atoms with E-state index in [0.717, 1.165) is 82.9 Å². The zero-order valence-corrected chi connectivity index (χ0v) is 42.2. The van der Waals surface area contributed by atoms with E-state index in [1.807, 2.05) is 0 Å². The third-order valence-corrected chi connectivity index (χ3v) is 20.7. The number of anilines is 9. The molecular formula is C70H39N3O3Si. The summed E-state index contributed by atoms with van der Waals surface area (Å²) >= 11 is 0. The van der Waals surface area contributed by atoms with Gasteiger partial charge in [0, 0.05) is 83.2 Å². The third-order valence-electron chi connectivity index (χ3n) is 17.2. The highest BCUT2D eigenvalue weighted by molar-refractivity contribution is 7.03. The van der Waals surface area contributed by atoms with Crippen LogP contribution in [0.4, 0.5) is 51.2 Å². The summed E-state index contributed by atoms with van der Waals surface area (Å²) in [5.74, 6) is 0. The minimum Gasteiger partial charge on any atom is -0.456 e. The van der Waals surface area contributed by atoms with Gasteiger partial charge in [-0.15, -0.1) is 0 Å². The minimum atomic E-state index is -2.31. The summed E-state index contributed by atoms with van der Waals surface area (Å²) in [5, 5.41) is 20.4. The topological polar surface area (TPSA) is 49.1 Å². The van der Waals surface area contributed by atoms with E-state index in [2.05, 4.69) is 245 Å². The number of benzene rings is 13. The van der Waals surface area contributed by atoms with Gasteiger partial charge in [-0.2, -0.15) is 0 Å². The van der Waals surface area contributed by atoms with Crippen molar-refractivity contribution in [2.24, 2.45) is 0 Å². The summed E-state index contributed by atoms with van der Waals surface area (Å²) < 4.78 is 20.0. The molecule has 0 saturated carbocycles. The fraction of sp³-hybridized carbons (Fsp3) is 0. The van der Waals surface area contributed by atoms with Gasteiger partial charge in [0.2, 0.25) is 0 Å². The molecule has 3 aromatic heterocycles. The zero-order chi connectivity index (χ0) is 49.8. The molecule has 0 amide bonds. The first kappa shape index (κ1) is 40.3. The number of rotatable bonds is 3. The standard InChI is InChI=1S/C70H39N3O3Si/c1-4-14-42-33-64-50(29-39(42)11-1)53-36-46(23-26-61(53)74-64)71-56-19-9-21-58-68(56)77-69-57(71)20-10-22-59(69)73(48-25-28-63-55(38-48)52-31-41-13-3-6-16-44(41)35-66(52)76-63)67-49-18-8-7-17-45(49)32-60(70(67)77)72(58)47-24-27-62-54(37-47)51-30-40-12-2-5-15-43(40)34-65(51)75-62/h1-38,77H. The quantitative estimate of drug-likeness (QED) is 0.164. The molecule has 3 aliphatic heterocycles. The number of fused-ring (bicyclic) bond motifs is 14. The van der Waals surface area contributed by atoms with Crippen molar-refractivity contribution in [3.63, 3.8) is 0 Å². The molecule has 6 heterocycles. The Kier molecular flexibility index (Phi) is 7.54. The van der Waals surface area contributed by atoms with Gasteiger partial charge in [0.25, 0.3) is 0 Å². The zero-order valence-electron chi connectivity index (χ0n) is 41.1. The second-order valence-corrected chi connectivity index (χ2v) is 23.8. The molecule has 1 unspecified atom stereocenters. The van der Waals surface area contributed by atoms with Crippen LogP contribution in [0.2, 0.25) is 0 Å². The van der Waals surface area contributed by atoms with Crippen molar-refractivity contribution >= 4 is 184 Å². The van der Waals surface area contributed by atoms with Crippen LogP contribution in [0.3, 0.4) is 0 Å². The molecule has 0 radical (unpaired) electrons. The van der Waals surface area contributed by atoms with Crippen LogP contribution in [-0.4, -0.2) is 8.80 Å². The molecule has 16 aromatic rings. The van der Waals surface area contributed by atoms with Crippen LogP contribution in [0.1, 0.15) is 0 Å². The monoisotopic (exact) mass is 997 g/mol. The molecule has 0 bridgehead atoms. The van der Waals surface area contributed by atoms with Gasteiger partial charge >= 0.3 is 0 Å². The Bertz CT molecular complexity index is 5340. The molecular weight excluding hydrogens is 959 g/mol. The molecule has 13 aromatic carbocycles. The van der Waals surface area contributed by atoms with Crippen LogP contribution in [0.15, 0.2) is 244 Å². The predicted molar refractivity (Wildman–Crippen MR) is 322 cm³/mol. The van der Waals surface area contributed by atoms with E-state index in [9.17, 15) is 0 Å². The fourth-order valence-corrected chi connectivity index (χ4v) is 17.9. The van der Waals surface area contributed by atoms with Gasteiger partial charge in [-0.1, -0.05) is 109 Å². The lowest BCUT2D eigenvalue weighted by Gasteiger charge is -2.50. The second-order valence-electron chi connectivity index (χ2n) is 21.2. The molecule has 3 aliphatic rings. The molecule has 356 valence electrons. The summed E-state index contributed by atoms with van der Waals surface area (Å²) in [5.41, 5.74) is 15.9. The number of furan rings is 3. The van der Waals surface area contributed by atoms with E-state index in [1.165, 1.54) is 92.8 Å². The normalized spacial score (nSPS) is 14.5. The summed E-state index contributed by atoms with van der Waals surface area (Å²) in [6, 6.07) is 85.0. The highest BCUT2D eigenvalue weighted by Gasteiger charge is 2.48. The molecule has 1 atom stereocenters. The highest BCUT2D eigenvalue weighted by atomic mass is 28.3. The SMILES string of the molecule is c1cc2c3c(c1)N(c1ccc4oc5cc6ccccc6cc5c4c1)c1cc4ccccc4c4c1[SiH]3c1c(cccc1N4c1ccc3oc4cc5ccccc5cc4c3c1)N2c1ccc2oc3cc4ccccc4cc3c2c1. The van der Waals surface area contributed by atoms with Crippen LogP contribution < -0.4 is 30.3 Å². The maximum atomic E-state index is 6.67. The first-order chi connectivity index (χ1) is 38.1. The number of hydrogen-bond donors (Lipinski definition) is 0. The Labute approximate surface area is 440 Å². The van der Waals surface area contributed by atoms with Crippen molar-refractivity contribution in [3.05, 3.63) is 231 Å². The fourth-order valence-electron chi connectivity index (χ4n) is 13.9. The molecule has 0 fully saturated rings. The molecule has 6 nitrogen and oxygen atoms in total. The molecule has 0 aliphatic carbocycles. The van der Waals surface area contributed by atoms with Crippen LogP contribution in [0.5, 0.6) is 0 Å². The van der Waals surface area contributed by atoms with Gasteiger partial charge in [0.15, 0.2) is 0 Å². The van der Waals surface area contributed by atoms with Crippen molar-refractivity contribution in [2.45, 2.75) is 0 Å². The van der Waals surface area contributed by atoms with Gasteiger partial charge in [0.1, 0.15) is 42.3 Å². The van der Waals surface area contributed by atoms with E-state index in [-0.39, 0.29) is 0 Å². The first-order valence-electron chi connectivity index (χ1n) is 26.4. The second kappa shape index (κ2) is 14.4. The lowest BCUT2D eigenvalue weighted by atomic mass is 10.0. The largest absolute Gasteiger partial charge is 0.456 e. The van der Waals surface area contributed by atoms with E-state index in [1.54, 1.807) is 0 Å². The smallest absolute Gasteiger partial charge is 0.149 e. The average molecular weight is 998 g/mol. The van der Waals surface area contributed by atoms with Crippen LogP contribution in [0.25, 0.3) is 109 Å². The summed E-state index contributed by atoms with van der Waals surface area (Å²) in [4.78, 5) is 7.70. The first-order valence-corrected chi connectivity index (χ1v) is 28.1. The maximum Gasteiger partial charge on any atom is 0.149 e. The summed E-state index contributed by atoms with van der Waals surface area (Å²) in [6.45, 7) is 0. The molecule has 0 spiro atoms. The van der Waals surface area contributed by atoms with Crippen molar-refractivity contribution in [3.8, 4) is 0 Å². The van der Waals surface area contributed by atoms with Crippen LogP contribution in [0, 0.1) is 0 Å². The van der Waals surface area contributed by atoms with Crippen LogP contribution in [-0.2, 0) is 0 Å². The Morgan fingerprint density at radius 2 is 0.584 bits per heavy atom. The average Bonchev–Trinajstić information content (AvgIpc) is 4.12. The Balaban J connectivity index is 0.915. The lowest BCUT2D eigenvalue weighted by Crippen LogP contribution is -2.64. The highest BCUT2D eigenvalue weighted by Crippen LogP contribution is 2.53. The Morgan fingerprint density at radius 1 is 0.234 bits per heavy atom. The molecule has 0 N–H and O–H groups in total. The van der Waals surface area contributed by atoms with Crippen molar-refractivity contribution in [2.75, 3.05) is 14.7 Å². The van der Waals surface area contributed by atoms with Gasteiger partial charge in [-0.25, -0.2) is 0 Å². The van der Waals surface area contributed by atoms with E-state index >= 15 is 0 Å². The van der Waals surface area contributed by atoms with E-state index in [0.29, 0.717) is 0 Å². The van der Waals surface area contributed by atoms with Gasteiger partial charge in [-0.05, 0) is 175 Å². The van der Waals surface area contributed by atoms with Gasteiger partial charge < -0.3 is 28.0 Å². The number of nitrogens with zero attached hydrogens (tertiary/aromatic N) is 3. The van der Waals surface area contributed by atoms with Crippen molar-refractivity contribution < 1.29 is 13.3 Å². The summed E-state index contributed by atoms with van der Waals surface area (Å²) in [6.07, 6.45) is 0. The molecule has 0 saturated heterocycles. The molecule has 77 heavy (non-hydrogen) atoms. The predicted octanol–water partition coefficient (Wildman–Crippen LogP) is 17.6. The van der Waals surface area contributed by atoms with Crippen molar-refractivity contribution in [1.29, 1.82) is 0 Å². The molecule has 7 heteroatoms. The van der Waals surface area contributed by atoms with E-state index < -0.39 is 8.80 Å². The van der Waals surface area contributed by atoms with Crippen LogP contribution >= 0.6 is 0 Å². The third kappa shape index (κ3) is 5.32. The Hall–Kier alpha value is -10.1. The van der Waals surface area contributed by atoms with Crippen molar-refractivity contribution in [1.82, 2.24) is 0 Å². The molecule has 19 rings (SSSR count). The Morgan fingerprint density at radius 3 is 1.03 bits per heavy atom. The van der Waals surface area contributed by atoms with Gasteiger partial charge in [-0.3, -0.25) is 0 Å². The van der Waals surface area contributed by atoms with Gasteiger partial charge in [0.05, 0.1) is 5.69 Å². The minimum absolute atomic E-state index is 0.875. The van der Waals surface area contributed by atoms with E-state index in [4.69, 9.17) is 13.3 Å². The summed E-state index contributed by atoms with van der Waals surface area (Å²) in [7, 11) is -2.31. The number of hydrogen-bond acceptors (Lipinski definition) is 6. The maximum absolute atomic E-state index is 6.67.